The van der Waals surface area contributed by atoms with Crippen LogP contribution in [0.15, 0.2) is 0 Å². The number of carbonyl (C=O) groups excluding carboxylic acids is 1. The molecule has 0 bridgehead atoms. The van der Waals surface area contributed by atoms with Gasteiger partial charge >= 0.3 is 0 Å². The fourth-order valence-corrected chi connectivity index (χ4v) is 2.11. The molecule has 2 atom stereocenters. The number of hydrogen-bond donors (Lipinski definition) is 1. The predicted octanol–water partition coefficient (Wildman–Crippen LogP) is -0.138. The first kappa shape index (κ1) is 9.93. The minimum absolute atomic E-state index is 0.0599. The predicted molar refractivity (Wildman–Crippen MR) is 50.7 cm³/mol. The Morgan fingerprint density at radius 3 is 2.79 bits per heavy atom. The van der Waals surface area contributed by atoms with E-state index in [0.29, 0.717) is 12.5 Å². The molecular weight excluding hydrogens is 182 g/mol. The molecule has 0 aliphatic carbocycles. The summed E-state index contributed by atoms with van der Waals surface area (Å²) in [5, 5.41) is 8.83. The fourth-order valence-electron chi connectivity index (χ4n) is 2.11. The highest BCUT2D eigenvalue weighted by atomic mass is 16.5. The highest BCUT2D eigenvalue weighted by Crippen LogP contribution is 2.25. The maximum absolute atomic E-state index is 11.8. The van der Waals surface area contributed by atoms with Gasteiger partial charge in [0, 0.05) is 25.6 Å². The number of carbonyl (C=O) groups is 1. The lowest BCUT2D eigenvalue weighted by atomic mass is 9.97. The van der Waals surface area contributed by atoms with Crippen LogP contribution >= 0.6 is 0 Å². The molecule has 4 heteroatoms. The van der Waals surface area contributed by atoms with Gasteiger partial charge in [-0.1, -0.05) is 0 Å². The van der Waals surface area contributed by atoms with Crippen LogP contribution in [0.25, 0.3) is 0 Å². The second-order valence-electron chi connectivity index (χ2n) is 4.37. The lowest BCUT2D eigenvalue weighted by Gasteiger charge is -2.39. The van der Waals surface area contributed by atoms with Crippen molar-refractivity contribution in [3.05, 3.63) is 0 Å². The second kappa shape index (κ2) is 3.87. The zero-order chi connectivity index (χ0) is 10.1. The molecule has 0 radical (unpaired) electrons. The van der Waals surface area contributed by atoms with Crippen LogP contribution in [0, 0.1) is 11.8 Å². The van der Waals surface area contributed by atoms with E-state index in [2.05, 4.69) is 0 Å². The Labute approximate surface area is 83.8 Å². The molecule has 1 N–H and O–H groups in total. The molecule has 2 fully saturated rings. The molecule has 2 unspecified atom stereocenters. The Morgan fingerprint density at radius 1 is 1.57 bits per heavy atom. The first-order valence-corrected chi connectivity index (χ1v) is 5.22. The normalized spacial score (nSPS) is 33.1. The summed E-state index contributed by atoms with van der Waals surface area (Å²) in [6.07, 6.45) is 1.07. The number of nitrogens with zero attached hydrogens (tertiary/aromatic N) is 1. The molecule has 2 rings (SSSR count). The molecule has 0 aromatic heterocycles. The number of amides is 1. The molecule has 14 heavy (non-hydrogen) atoms. The van der Waals surface area contributed by atoms with Crippen molar-refractivity contribution in [1.82, 2.24) is 4.90 Å². The molecule has 0 aromatic carbocycles. The van der Waals surface area contributed by atoms with Crippen LogP contribution in [0.1, 0.15) is 13.3 Å². The van der Waals surface area contributed by atoms with Crippen LogP contribution in [-0.4, -0.2) is 48.3 Å². The van der Waals surface area contributed by atoms with Crippen molar-refractivity contribution >= 4 is 5.91 Å². The van der Waals surface area contributed by atoms with Gasteiger partial charge in [-0.2, -0.15) is 0 Å². The van der Waals surface area contributed by atoms with E-state index < -0.39 is 0 Å². The van der Waals surface area contributed by atoms with E-state index in [1.807, 2.05) is 11.8 Å². The molecule has 2 heterocycles. The van der Waals surface area contributed by atoms with Crippen molar-refractivity contribution < 1.29 is 14.6 Å². The van der Waals surface area contributed by atoms with Crippen LogP contribution < -0.4 is 0 Å². The summed E-state index contributed by atoms with van der Waals surface area (Å²) >= 11 is 0. The second-order valence-corrected chi connectivity index (χ2v) is 4.37. The van der Waals surface area contributed by atoms with E-state index in [1.165, 1.54) is 0 Å². The van der Waals surface area contributed by atoms with Crippen molar-refractivity contribution in [3.8, 4) is 0 Å². The third-order valence-electron chi connectivity index (χ3n) is 3.07. The van der Waals surface area contributed by atoms with E-state index in [4.69, 9.17) is 9.84 Å². The van der Waals surface area contributed by atoms with Crippen LogP contribution in [0.5, 0.6) is 0 Å². The molecule has 4 nitrogen and oxygen atoms in total. The average Bonchev–Trinajstić information content (AvgIpc) is 2.49. The highest BCUT2D eigenvalue weighted by molar-refractivity contribution is 5.80. The largest absolute Gasteiger partial charge is 0.396 e. The van der Waals surface area contributed by atoms with Crippen molar-refractivity contribution in [2.45, 2.75) is 19.4 Å². The number of likely N-dealkylation sites (tertiary alicyclic amines) is 1. The Kier molecular flexibility index (Phi) is 2.74. The number of hydrogen-bond acceptors (Lipinski definition) is 3. The molecule has 2 aliphatic heterocycles. The maximum Gasteiger partial charge on any atom is 0.228 e. The molecule has 0 spiro atoms. The lowest BCUT2D eigenvalue weighted by Crippen LogP contribution is -2.53. The number of aliphatic hydroxyl groups excluding tert-OH is 1. The van der Waals surface area contributed by atoms with Gasteiger partial charge in [0.15, 0.2) is 0 Å². The van der Waals surface area contributed by atoms with Gasteiger partial charge < -0.3 is 14.7 Å². The topological polar surface area (TPSA) is 49.8 Å². The van der Waals surface area contributed by atoms with E-state index in [9.17, 15) is 4.79 Å². The van der Waals surface area contributed by atoms with Gasteiger partial charge in [-0.05, 0) is 13.3 Å². The maximum atomic E-state index is 11.8. The minimum atomic E-state index is 0.0599. The monoisotopic (exact) mass is 199 g/mol. The van der Waals surface area contributed by atoms with E-state index in [0.717, 1.165) is 19.5 Å². The van der Waals surface area contributed by atoms with Crippen LogP contribution in [0.4, 0.5) is 0 Å². The Bertz CT molecular complexity index is 225. The minimum Gasteiger partial charge on any atom is -0.396 e. The quantitative estimate of drug-likeness (QED) is 0.673. The first-order chi connectivity index (χ1) is 6.70. The fraction of sp³-hybridized carbons (Fsp3) is 0.900. The molecule has 2 aliphatic rings. The average molecular weight is 199 g/mol. The Hall–Kier alpha value is -0.610. The third kappa shape index (κ3) is 1.77. The van der Waals surface area contributed by atoms with Gasteiger partial charge in [0.1, 0.15) is 0 Å². The van der Waals surface area contributed by atoms with Crippen molar-refractivity contribution in [2.75, 3.05) is 26.3 Å². The van der Waals surface area contributed by atoms with Gasteiger partial charge in [0.25, 0.3) is 0 Å². The third-order valence-corrected chi connectivity index (χ3v) is 3.07. The number of rotatable bonds is 2. The summed E-state index contributed by atoms with van der Waals surface area (Å²) in [6.45, 7) is 4.21. The summed E-state index contributed by atoms with van der Waals surface area (Å²) in [7, 11) is 0. The SMILES string of the molecule is CC1CC(C(=O)N2CC(CO)C2)CO1. The van der Waals surface area contributed by atoms with E-state index >= 15 is 0 Å². The van der Waals surface area contributed by atoms with Crippen molar-refractivity contribution in [1.29, 1.82) is 0 Å². The summed E-state index contributed by atoms with van der Waals surface area (Å²) in [4.78, 5) is 13.6. The van der Waals surface area contributed by atoms with Crippen LogP contribution in [-0.2, 0) is 9.53 Å². The zero-order valence-corrected chi connectivity index (χ0v) is 8.48. The number of aliphatic hydroxyl groups is 1. The highest BCUT2D eigenvalue weighted by Gasteiger charge is 2.37. The first-order valence-electron chi connectivity index (χ1n) is 5.22. The van der Waals surface area contributed by atoms with Crippen LogP contribution in [0.3, 0.4) is 0 Å². The summed E-state index contributed by atoms with van der Waals surface area (Å²) in [6, 6.07) is 0. The Balaban J connectivity index is 1.79. The summed E-state index contributed by atoms with van der Waals surface area (Å²) in [5.41, 5.74) is 0. The molecule has 2 saturated heterocycles. The van der Waals surface area contributed by atoms with Crippen LogP contribution in [0.2, 0.25) is 0 Å². The zero-order valence-electron chi connectivity index (χ0n) is 8.48. The molecule has 80 valence electrons. The van der Waals surface area contributed by atoms with Gasteiger partial charge in [-0.25, -0.2) is 0 Å². The smallest absolute Gasteiger partial charge is 0.228 e. The molecule has 1 amide bonds. The molecular formula is C10H17NO3. The van der Waals surface area contributed by atoms with Crippen molar-refractivity contribution in [3.63, 3.8) is 0 Å². The van der Waals surface area contributed by atoms with Gasteiger partial charge in [0.2, 0.25) is 5.91 Å². The lowest BCUT2D eigenvalue weighted by molar-refractivity contribution is -0.142. The standard InChI is InChI=1S/C10H17NO3/c1-7-2-9(6-14-7)10(13)11-3-8(4-11)5-12/h7-9,12H,2-6H2,1H3. The molecule has 0 aromatic rings. The summed E-state index contributed by atoms with van der Waals surface area (Å²) < 4.78 is 5.36. The van der Waals surface area contributed by atoms with Crippen molar-refractivity contribution in [2.24, 2.45) is 11.8 Å². The summed E-state index contributed by atoms with van der Waals surface area (Å²) in [5.74, 6) is 0.572. The van der Waals surface area contributed by atoms with Gasteiger partial charge in [-0.15, -0.1) is 0 Å². The number of ether oxygens (including phenoxy) is 1. The molecule has 0 saturated carbocycles. The Morgan fingerprint density at radius 2 is 2.29 bits per heavy atom. The van der Waals surface area contributed by atoms with Gasteiger partial charge in [-0.3, -0.25) is 4.79 Å². The van der Waals surface area contributed by atoms with Gasteiger partial charge in [0.05, 0.1) is 18.6 Å². The van der Waals surface area contributed by atoms with E-state index in [1.54, 1.807) is 0 Å². The van der Waals surface area contributed by atoms with E-state index in [-0.39, 0.29) is 24.5 Å².